The first-order valence-electron chi connectivity index (χ1n) is 9.07. The number of halogens is 1. The topological polar surface area (TPSA) is 46.3 Å². The molecule has 3 aromatic rings. The second kappa shape index (κ2) is 7.52. The van der Waals surface area contributed by atoms with Crippen LogP contribution in [-0.4, -0.2) is 46.0 Å². The van der Waals surface area contributed by atoms with Crippen molar-refractivity contribution in [1.29, 1.82) is 0 Å². The van der Waals surface area contributed by atoms with E-state index in [0.29, 0.717) is 0 Å². The summed E-state index contributed by atoms with van der Waals surface area (Å²) in [7, 11) is 4.16. The van der Waals surface area contributed by atoms with Gasteiger partial charge in [-0.2, -0.15) is 0 Å². The van der Waals surface area contributed by atoms with Crippen LogP contribution in [0.4, 0.5) is 0 Å². The predicted octanol–water partition coefficient (Wildman–Crippen LogP) is 3.89. The molecular formula is C21H22IN5. The molecule has 138 valence electrons. The fourth-order valence-electron chi connectivity index (χ4n) is 3.39. The van der Waals surface area contributed by atoms with Crippen LogP contribution in [-0.2, 0) is 6.42 Å². The Labute approximate surface area is 173 Å². The van der Waals surface area contributed by atoms with Crippen molar-refractivity contribution in [1.82, 2.24) is 19.7 Å². The summed E-state index contributed by atoms with van der Waals surface area (Å²) in [5.74, 6) is 1.88. The van der Waals surface area contributed by atoms with Gasteiger partial charge in [0.1, 0.15) is 11.9 Å². The summed E-state index contributed by atoms with van der Waals surface area (Å²) in [6.07, 6.45) is 0.846. The lowest BCUT2D eigenvalue weighted by Gasteiger charge is -2.15. The van der Waals surface area contributed by atoms with Gasteiger partial charge in [0.05, 0.1) is 11.4 Å². The van der Waals surface area contributed by atoms with Gasteiger partial charge in [0.2, 0.25) is 0 Å². The average Bonchev–Trinajstić information content (AvgIpc) is 3.04. The van der Waals surface area contributed by atoms with E-state index in [4.69, 9.17) is 4.99 Å². The molecule has 0 aliphatic carbocycles. The van der Waals surface area contributed by atoms with E-state index in [9.17, 15) is 0 Å². The maximum atomic E-state index is 5.06. The molecule has 1 aromatic heterocycles. The van der Waals surface area contributed by atoms with Crippen molar-refractivity contribution in [3.8, 4) is 5.69 Å². The van der Waals surface area contributed by atoms with Crippen molar-refractivity contribution in [2.45, 2.75) is 19.4 Å². The van der Waals surface area contributed by atoms with Crippen LogP contribution >= 0.6 is 22.6 Å². The zero-order valence-electron chi connectivity index (χ0n) is 15.7. The van der Waals surface area contributed by atoms with Crippen molar-refractivity contribution in [2.24, 2.45) is 4.99 Å². The highest BCUT2D eigenvalue weighted by Gasteiger charge is 2.26. The fraction of sp³-hybridized carbons (Fsp3) is 0.286. The van der Waals surface area contributed by atoms with Crippen LogP contribution in [0, 0.1) is 3.57 Å². The molecular weight excluding hydrogens is 449 g/mol. The summed E-state index contributed by atoms with van der Waals surface area (Å²) in [4.78, 5) is 7.23. The van der Waals surface area contributed by atoms with Gasteiger partial charge in [-0.05, 0) is 61.8 Å². The number of rotatable bonds is 4. The molecule has 0 spiro atoms. The molecule has 6 heteroatoms. The summed E-state index contributed by atoms with van der Waals surface area (Å²) >= 11 is 2.36. The Morgan fingerprint density at radius 2 is 1.85 bits per heavy atom. The monoisotopic (exact) mass is 471 g/mol. The largest absolute Gasteiger partial charge is 0.309 e. The highest BCUT2D eigenvalue weighted by molar-refractivity contribution is 14.1. The van der Waals surface area contributed by atoms with E-state index in [1.165, 1.54) is 3.57 Å². The number of hydrogen-bond acceptors (Lipinski definition) is 4. The Kier molecular flexibility index (Phi) is 5.10. The maximum absolute atomic E-state index is 5.06. The zero-order chi connectivity index (χ0) is 19.0. The van der Waals surface area contributed by atoms with Crippen molar-refractivity contribution in [3.63, 3.8) is 0 Å². The smallest absolute Gasteiger partial charge is 0.162 e. The molecule has 1 aliphatic heterocycles. The van der Waals surface area contributed by atoms with Gasteiger partial charge in [0.25, 0.3) is 0 Å². The SMILES string of the molecule is CC1N=C(c2ccccc2)c2cc(I)ccc2-n2c(CCN(C)C)nnc21. The van der Waals surface area contributed by atoms with Crippen molar-refractivity contribution in [3.05, 3.63) is 74.9 Å². The first-order chi connectivity index (χ1) is 13.0. The molecule has 0 bridgehead atoms. The molecule has 27 heavy (non-hydrogen) atoms. The van der Waals surface area contributed by atoms with Crippen molar-refractivity contribution >= 4 is 28.3 Å². The van der Waals surface area contributed by atoms with E-state index in [-0.39, 0.29) is 6.04 Å². The minimum Gasteiger partial charge on any atom is -0.309 e. The Morgan fingerprint density at radius 3 is 2.59 bits per heavy atom. The average molecular weight is 471 g/mol. The summed E-state index contributed by atoms with van der Waals surface area (Å²) < 4.78 is 3.40. The molecule has 0 fully saturated rings. The number of fused-ring (bicyclic) bond motifs is 3. The molecule has 1 atom stereocenters. The summed E-state index contributed by atoms with van der Waals surface area (Å²) in [6, 6.07) is 16.8. The van der Waals surface area contributed by atoms with E-state index in [0.717, 1.165) is 47.1 Å². The first-order valence-corrected chi connectivity index (χ1v) is 10.1. The van der Waals surface area contributed by atoms with Crippen LogP contribution in [0.25, 0.3) is 5.69 Å². The van der Waals surface area contributed by atoms with Gasteiger partial charge >= 0.3 is 0 Å². The Balaban J connectivity index is 1.92. The lowest BCUT2D eigenvalue weighted by molar-refractivity contribution is 0.408. The van der Waals surface area contributed by atoms with Crippen molar-refractivity contribution in [2.75, 3.05) is 20.6 Å². The van der Waals surface area contributed by atoms with Crippen LogP contribution < -0.4 is 0 Å². The number of hydrogen-bond donors (Lipinski definition) is 0. The van der Waals surface area contributed by atoms with Gasteiger partial charge in [-0.3, -0.25) is 9.56 Å². The van der Waals surface area contributed by atoms with Crippen LogP contribution in [0.15, 0.2) is 53.5 Å². The van der Waals surface area contributed by atoms with Gasteiger partial charge < -0.3 is 4.90 Å². The predicted molar refractivity (Wildman–Crippen MR) is 117 cm³/mol. The number of likely N-dealkylation sites (N-methyl/N-ethyl adjacent to an activating group) is 1. The molecule has 0 radical (unpaired) electrons. The molecule has 0 N–H and O–H groups in total. The minimum atomic E-state index is -0.0640. The van der Waals surface area contributed by atoms with Gasteiger partial charge in [-0.1, -0.05) is 30.3 Å². The van der Waals surface area contributed by atoms with E-state index < -0.39 is 0 Å². The molecule has 5 nitrogen and oxygen atoms in total. The number of nitrogens with zero attached hydrogens (tertiary/aromatic N) is 5. The van der Waals surface area contributed by atoms with Gasteiger partial charge in [0.15, 0.2) is 5.82 Å². The van der Waals surface area contributed by atoms with Gasteiger partial charge in [-0.25, -0.2) is 0 Å². The molecule has 1 unspecified atom stereocenters. The van der Waals surface area contributed by atoms with Crippen LogP contribution in [0.2, 0.25) is 0 Å². The van der Waals surface area contributed by atoms with Gasteiger partial charge in [0, 0.05) is 27.7 Å². The second-order valence-electron chi connectivity index (χ2n) is 7.04. The molecule has 0 saturated heterocycles. The van der Waals surface area contributed by atoms with E-state index in [1.807, 2.05) is 6.07 Å². The number of aromatic nitrogens is 3. The van der Waals surface area contributed by atoms with Crippen molar-refractivity contribution < 1.29 is 0 Å². The van der Waals surface area contributed by atoms with E-state index >= 15 is 0 Å². The quantitative estimate of drug-likeness (QED) is 0.543. The molecule has 0 amide bonds. The van der Waals surface area contributed by atoms with Crippen LogP contribution in [0.1, 0.15) is 35.7 Å². The number of aliphatic imine (C=N–C) groups is 1. The third kappa shape index (κ3) is 3.55. The molecule has 0 saturated carbocycles. The lowest BCUT2D eigenvalue weighted by atomic mass is 10.0. The molecule has 2 heterocycles. The Morgan fingerprint density at radius 1 is 1.07 bits per heavy atom. The maximum Gasteiger partial charge on any atom is 0.162 e. The Hall–Kier alpha value is -2.06. The van der Waals surface area contributed by atoms with E-state index in [2.05, 4.69) is 106 Å². The second-order valence-corrected chi connectivity index (χ2v) is 8.29. The summed E-state index contributed by atoms with van der Waals surface area (Å²) in [5, 5.41) is 9.01. The van der Waals surface area contributed by atoms with Crippen LogP contribution in [0.5, 0.6) is 0 Å². The fourth-order valence-corrected chi connectivity index (χ4v) is 3.88. The first kappa shape index (κ1) is 18.3. The number of benzene rings is 2. The highest BCUT2D eigenvalue weighted by Crippen LogP contribution is 2.31. The summed E-state index contributed by atoms with van der Waals surface area (Å²) in [6.45, 7) is 3.02. The summed E-state index contributed by atoms with van der Waals surface area (Å²) in [5.41, 5.74) is 4.38. The van der Waals surface area contributed by atoms with E-state index in [1.54, 1.807) is 0 Å². The minimum absolute atomic E-state index is 0.0640. The van der Waals surface area contributed by atoms with Crippen LogP contribution in [0.3, 0.4) is 0 Å². The third-order valence-electron chi connectivity index (χ3n) is 4.74. The standard InChI is InChI=1S/C21H22IN5/c1-14-21-25-24-19(11-12-26(2)3)27(21)18-10-9-16(22)13-17(18)20(23-14)15-7-5-4-6-8-15/h4-10,13-14H,11-12H2,1-3H3. The Bertz CT molecular complexity index is 991. The lowest BCUT2D eigenvalue weighted by Crippen LogP contribution is -2.18. The molecule has 1 aliphatic rings. The third-order valence-corrected chi connectivity index (χ3v) is 5.41. The molecule has 4 rings (SSSR count). The highest BCUT2D eigenvalue weighted by atomic mass is 127. The molecule has 2 aromatic carbocycles. The zero-order valence-corrected chi connectivity index (χ0v) is 17.9. The van der Waals surface area contributed by atoms with Gasteiger partial charge in [-0.15, -0.1) is 10.2 Å². The normalized spacial score (nSPS) is 15.9.